The van der Waals surface area contributed by atoms with E-state index in [9.17, 15) is 9.59 Å². The highest BCUT2D eigenvalue weighted by atomic mass is 35.5. The largest absolute Gasteiger partial charge is 0.419 e. The number of nitrogens with zero attached hydrogens (tertiary/aromatic N) is 3. The van der Waals surface area contributed by atoms with Crippen LogP contribution in [-0.2, 0) is 19.1 Å². The van der Waals surface area contributed by atoms with E-state index in [0.29, 0.717) is 16.4 Å². The second-order valence-electron chi connectivity index (χ2n) is 5.36. The zero-order chi connectivity index (χ0) is 17.3. The monoisotopic (exact) mass is 348 g/mol. The van der Waals surface area contributed by atoms with Gasteiger partial charge in [0, 0.05) is 20.0 Å². The van der Waals surface area contributed by atoms with E-state index in [4.69, 9.17) is 21.1 Å². The number of aromatic nitrogens is 3. The van der Waals surface area contributed by atoms with Gasteiger partial charge in [0.15, 0.2) is 5.57 Å². The zero-order valence-corrected chi connectivity index (χ0v) is 13.6. The van der Waals surface area contributed by atoms with Crippen molar-refractivity contribution in [2.75, 3.05) is 5.32 Å². The van der Waals surface area contributed by atoms with Gasteiger partial charge in [0.2, 0.25) is 0 Å². The Labute approximate surface area is 142 Å². The van der Waals surface area contributed by atoms with E-state index in [2.05, 4.69) is 15.4 Å². The third-order valence-electron chi connectivity index (χ3n) is 3.12. The molecule has 24 heavy (non-hydrogen) atoms. The molecular weight excluding hydrogens is 336 g/mol. The van der Waals surface area contributed by atoms with Crippen molar-refractivity contribution >= 4 is 29.2 Å². The third-order valence-corrected chi connectivity index (χ3v) is 3.43. The molecule has 1 fully saturated rings. The van der Waals surface area contributed by atoms with Crippen molar-refractivity contribution in [1.82, 2.24) is 14.8 Å². The van der Waals surface area contributed by atoms with Crippen LogP contribution in [0.25, 0.3) is 5.69 Å². The van der Waals surface area contributed by atoms with Crippen LogP contribution in [0.2, 0.25) is 5.02 Å². The maximum atomic E-state index is 11.9. The molecular formula is C15H13ClN4O4. The van der Waals surface area contributed by atoms with Crippen LogP contribution in [0.5, 0.6) is 0 Å². The highest BCUT2D eigenvalue weighted by Gasteiger charge is 2.39. The maximum Gasteiger partial charge on any atom is 0.350 e. The molecule has 1 aliphatic rings. The fraction of sp³-hybridized carbons (Fsp3) is 0.200. The molecule has 0 unspecified atom stereocenters. The van der Waals surface area contributed by atoms with Gasteiger partial charge in [-0.25, -0.2) is 19.3 Å². The standard InChI is InChI=1S/C15H13ClN4O4/c1-15(2)23-13(21)9(14(22)24-15)6-18-11-5-3-4-10(16)12(11)20-8-17-7-19-20/h3-8,18H,1-2H3. The van der Waals surface area contributed by atoms with E-state index >= 15 is 0 Å². The first-order valence-electron chi connectivity index (χ1n) is 6.94. The van der Waals surface area contributed by atoms with Crippen LogP contribution < -0.4 is 5.32 Å². The summed E-state index contributed by atoms with van der Waals surface area (Å²) in [5, 5.41) is 7.31. The van der Waals surface area contributed by atoms with Gasteiger partial charge in [0.1, 0.15) is 18.3 Å². The lowest BCUT2D eigenvalue weighted by molar-refractivity contribution is -0.222. The van der Waals surface area contributed by atoms with Crippen LogP contribution in [-0.4, -0.2) is 32.5 Å². The minimum atomic E-state index is -1.28. The van der Waals surface area contributed by atoms with Crippen molar-refractivity contribution < 1.29 is 19.1 Å². The number of ether oxygens (including phenoxy) is 2. The summed E-state index contributed by atoms with van der Waals surface area (Å²) in [6.07, 6.45) is 4.06. The second kappa shape index (κ2) is 5.97. The fourth-order valence-corrected chi connectivity index (χ4v) is 2.38. The Kier molecular flexibility index (Phi) is 3.98. The molecule has 9 heteroatoms. The number of rotatable bonds is 3. The molecule has 1 aromatic heterocycles. The van der Waals surface area contributed by atoms with Crippen LogP contribution in [0, 0.1) is 0 Å². The SMILES string of the molecule is CC1(C)OC(=O)C(=CNc2cccc(Cl)c2-n2cncn2)C(=O)O1. The lowest BCUT2D eigenvalue weighted by atomic mass is 10.2. The molecule has 0 aliphatic carbocycles. The number of anilines is 1. The molecule has 2 heterocycles. The van der Waals surface area contributed by atoms with Crippen molar-refractivity contribution in [2.45, 2.75) is 19.6 Å². The smallest absolute Gasteiger partial charge is 0.350 e. The molecule has 1 aromatic carbocycles. The van der Waals surface area contributed by atoms with E-state index in [1.165, 1.54) is 37.4 Å². The molecule has 0 atom stereocenters. The van der Waals surface area contributed by atoms with Gasteiger partial charge in [-0.1, -0.05) is 17.7 Å². The van der Waals surface area contributed by atoms with Gasteiger partial charge in [-0.05, 0) is 12.1 Å². The second-order valence-corrected chi connectivity index (χ2v) is 5.76. The minimum absolute atomic E-state index is 0.251. The number of benzene rings is 1. The van der Waals surface area contributed by atoms with Gasteiger partial charge in [-0.3, -0.25) is 0 Å². The number of nitrogens with one attached hydrogen (secondary N) is 1. The Balaban J connectivity index is 1.92. The van der Waals surface area contributed by atoms with Crippen molar-refractivity contribution in [2.24, 2.45) is 0 Å². The molecule has 1 saturated heterocycles. The van der Waals surface area contributed by atoms with Crippen LogP contribution >= 0.6 is 11.6 Å². The topological polar surface area (TPSA) is 95.3 Å². The Morgan fingerprint density at radius 2 is 1.96 bits per heavy atom. The van der Waals surface area contributed by atoms with Crippen LogP contribution in [0.4, 0.5) is 5.69 Å². The molecule has 0 bridgehead atoms. The molecule has 0 amide bonds. The molecule has 8 nitrogen and oxygen atoms in total. The normalized spacial score (nSPS) is 16.4. The molecule has 0 saturated carbocycles. The first kappa shape index (κ1) is 16.0. The molecule has 1 N–H and O–H groups in total. The molecule has 3 rings (SSSR count). The minimum Gasteiger partial charge on any atom is -0.419 e. The van der Waals surface area contributed by atoms with Crippen LogP contribution in [0.3, 0.4) is 0 Å². The Morgan fingerprint density at radius 3 is 2.58 bits per heavy atom. The summed E-state index contributed by atoms with van der Waals surface area (Å²) in [6, 6.07) is 5.11. The molecule has 124 valence electrons. The number of hydrogen-bond donors (Lipinski definition) is 1. The lowest BCUT2D eigenvalue weighted by Gasteiger charge is -2.29. The van der Waals surface area contributed by atoms with E-state index in [0.717, 1.165) is 0 Å². The number of esters is 2. The Hall–Kier alpha value is -2.87. The van der Waals surface area contributed by atoms with Crippen LogP contribution in [0.1, 0.15) is 13.8 Å². The van der Waals surface area contributed by atoms with Gasteiger partial charge < -0.3 is 14.8 Å². The van der Waals surface area contributed by atoms with Gasteiger partial charge in [-0.15, -0.1) is 0 Å². The zero-order valence-electron chi connectivity index (χ0n) is 12.8. The van der Waals surface area contributed by atoms with E-state index < -0.39 is 17.7 Å². The van der Waals surface area contributed by atoms with Crippen molar-refractivity contribution in [3.8, 4) is 5.69 Å². The summed E-state index contributed by atoms with van der Waals surface area (Å²) in [7, 11) is 0. The Bertz CT molecular complexity index is 808. The van der Waals surface area contributed by atoms with E-state index in [1.807, 2.05) is 0 Å². The first-order valence-corrected chi connectivity index (χ1v) is 7.32. The Morgan fingerprint density at radius 1 is 1.25 bits per heavy atom. The van der Waals surface area contributed by atoms with Crippen molar-refractivity contribution in [3.05, 3.63) is 47.6 Å². The number of halogens is 1. The van der Waals surface area contributed by atoms with Crippen molar-refractivity contribution in [3.63, 3.8) is 0 Å². The highest BCUT2D eigenvalue weighted by molar-refractivity contribution is 6.33. The summed E-state index contributed by atoms with van der Waals surface area (Å²) in [6.45, 7) is 2.96. The summed E-state index contributed by atoms with van der Waals surface area (Å²) in [5.41, 5.74) is 0.788. The summed E-state index contributed by atoms with van der Waals surface area (Å²) in [5.74, 6) is -2.82. The van der Waals surface area contributed by atoms with Crippen molar-refractivity contribution in [1.29, 1.82) is 0 Å². The number of carbonyl (C=O) groups excluding carboxylic acids is 2. The predicted octanol–water partition coefficient (Wildman–Crippen LogP) is 2.05. The first-order chi connectivity index (χ1) is 11.4. The maximum absolute atomic E-state index is 11.9. The lowest BCUT2D eigenvalue weighted by Crippen LogP contribution is -2.42. The summed E-state index contributed by atoms with van der Waals surface area (Å²) >= 11 is 6.20. The number of cyclic esters (lactones) is 2. The predicted molar refractivity (Wildman–Crippen MR) is 84.3 cm³/mol. The van der Waals surface area contributed by atoms with E-state index in [-0.39, 0.29) is 5.57 Å². The molecule has 0 spiro atoms. The quantitative estimate of drug-likeness (QED) is 0.515. The average molecular weight is 349 g/mol. The average Bonchev–Trinajstić information content (AvgIpc) is 2.99. The van der Waals surface area contributed by atoms with Gasteiger partial charge in [0.25, 0.3) is 5.79 Å². The molecule has 1 aliphatic heterocycles. The van der Waals surface area contributed by atoms with E-state index in [1.54, 1.807) is 18.2 Å². The molecule has 0 radical (unpaired) electrons. The number of para-hydroxylation sites is 1. The number of carbonyl (C=O) groups is 2. The number of hydrogen-bond acceptors (Lipinski definition) is 7. The highest BCUT2D eigenvalue weighted by Crippen LogP contribution is 2.28. The van der Waals surface area contributed by atoms with Gasteiger partial charge in [0.05, 0.1) is 10.7 Å². The van der Waals surface area contributed by atoms with Gasteiger partial charge >= 0.3 is 11.9 Å². The molecule has 2 aromatic rings. The van der Waals surface area contributed by atoms with Gasteiger partial charge in [-0.2, -0.15) is 5.10 Å². The summed E-state index contributed by atoms with van der Waals surface area (Å²) in [4.78, 5) is 27.7. The summed E-state index contributed by atoms with van der Waals surface area (Å²) < 4.78 is 11.5. The van der Waals surface area contributed by atoms with Crippen LogP contribution in [0.15, 0.2) is 42.6 Å². The third kappa shape index (κ3) is 3.09. The fourth-order valence-electron chi connectivity index (χ4n) is 2.12.